The maximum Gasteiger partial charge on any atom is 0.417 e. The van der Waals surface area contributed by atoms with Crippen LogP contribution in [-0.4, -0.2) is 54.0 Å². The second-order valence-corrected chi connectivity index (χ2v) is 5.59. The first kappa shape index (κ1) is 17.8. The number of halogens is 2. The summed E-state index contributed by atoms with van der Waals surface area (Å²) >= 11 is 0. The van der Waals surface area contributed by atoms with Crippen molar-refractivity contribution in [3.05, 3.63) is 0 Å². The number of amides is 2. The summed E-state index contributed by atoms with van der Waals surface area (Å²) in [4.78, 5) is 24.0. The normalized spacial score (nSPS) is 24.0. The molecular formula is C13H21F2NO5. The minimum Gasteiger partial charge on any atom is -0.443 e. The molecule has 1 rings (SSSR count). The average Bonchev–Trinajstić information content (AvgIpc) is 2.29. The molecule has 0 bridgehead atoms. The Hall–Kier alpha value is -1.28. The first-order valence-electron chi connectivity index (χ1n) is 6.69. The van der Waals surface area contributed by atoms with Crippen LogP contribution in [0, 0.1) is 0 Å². The van der Waals surface area contributed by atoms with Gasteiger partial charge in [-0.3, -0.25) is 4.79 Å². The Balaban J connectivity index is 2.76. The second kappa shape index (κ2) is 6.65. The van der Waals surface area contributed by atoms with Gasteiger partial charge in [-0.1, -0.05) is 0 Å². The molecule has 1 saturated heterocycles. The van der Waals surface area contributed by atoms with E-state index in [1.165, 1.54) is 6.92 Å². The van der Waals surface area contributed by atoms with Crippen LogP contribution in [0.25, 0.3) is 0 Å². The van der Waals surface area contributed by atoms with Crippen molar-refractivity contribution < 1.29 is 32.6 Å². The van der Waals surface area contributed by atoms with Crippen molar-refractivity contribution in [3.63, 3.8) is 0 Å². The van der Waals surface area contributed by atoms with Crippen LogP contribution in [0.2, 0.25) is 0 Å². The van der Waals surface area contributed by atoms with Gasteiger partial charge in [-0.15, -0.1) is 0 Å². The van der Waals surface area contributed by atoms with Gasteiger partial charge in [0.05, 0.1) is 0 Å². The van der Waals surface area contributed by atoms with Gasteiger partial charge in [0.25, 0.3) is 12.3 Å². The van der Waals surface area contributed by atoms with E-state index in [-0.39, 0.29) is 0 Å². The van der Waals surface area contributed by atoms with Crippen molar-refractivity contribution in [2.75, 3.05) is 6.61 Å². The first-order chi connectivity index (χ1) is 9.58. The second-order valence-electron chi connectivity index (χ2n) is 5.59. The average molecular weight is 309 g/mol. The lowest BCUT2D eigenvalue weighted by molar-refractivity contribution is -0.222. The molecule has 0 N–H and O–H groups in total. The topological polar surface area (TPSA) is 65.1 Å². The highest BCUT2D eigenvalue weighted by atomic mass is 19.3. The predicted octanol–water partition coefficient (Wildman–Crippen LogP) is 2.17. The van der Waals surface area contributed by atoms with Gasteiger partial charge < -0.3 is 14.2 Å². The molecule has 1 aliphatic rings. The fraction of sp³-hybridized carbons (Fsp3) is 0.846. The van der Waals surface area contributed by atoms with E-state index in [1.54, 1.807) is 27.7 Å². The molecule has 0 spiro atoms. The van der Waals surface area contributed by atoms with Crippen LogP contribution in [0.15, 0.2) is 0 Å². The summed E-state index contributed by atoms with van der Waals surface area (Å²) in [5.41, 5.74) is -0.880. The van der Waals surface area contributed by atoms with Gasteiger partial charge in [-0.25, -0.2) is 18.5 Å². The molecule has 122 valence electrons. The number of alkyl halides is 2. The number of imide groups is 1. The van der Waals surface area contributed by atoms with E-state index in [4.69, 9.17) is 14.2 Å². The van der Waals surface area contributed by atoms with Crippen LogP contribution in [0.4, 0.5) is 13.6 Å². The van der Waals surface area contributed by atoms with Crippen LogP contribution in [0.1, 0.15) is 34.6 Å². The summed E-state index contributed by atoms with van der Waals surface area (Å²) in [6.07, 6.45) is -6.24. The summed E-state index contributed by atoms with van der Waals surface area (Å²) in [5.74, 6) is -0.846. The number of rotatable bonds is 5. The number of likely N-dealkylation sites (tertiary alicyclic amines) is 1. The van der Waals surface area contributed by atoms with Crippen molar-refractivity contribution >= 4 is 12.0 Å². The van der Waals surface area contributed by atoms with Crippen molar-refractivity contribution in [1.29, 1.82) is 0 Å². The number of carbonyl (C=O) groups is 2. The molecule has 1 fully saturated rings. The molecule has 0 aromatic heterocycles. The van der Waals surface area contributed by atoms with Crippen LogP contribution in [-0.2, 0) is 19.0 Å². The van der Waals surface area contributed by atoms with Crippen LogP contribution in [0.3, 0.4) is 0 Å². The monoisotopic (exact) mass is 309 g/mol. The van der Waals surface area contributed by atoms with E-state index in [0.29, 0.717) is 11.5 Å². The highest BCUT2D eigenvalue weighted by molar-refractivity contribution is 6.01. The van der Waals surface area contributed by atoms with Gasteiger partial charge in [-0.05, 0) is 34.6 Å². The maximum absolute atomic E-state index is 13.1. The molecule has 0 aliphatic carbocycles. The zero-order valence-electron chi connectivity index (χ0n) is 12.8. The van der Waals surface area contributed by atoms with E-state index >= 15 is 0 Å². The summed E-state index contributed by atoms with van der Waals surface area (Å²) < 4.78 is 41.2. The van der Waals surface area contributed by atoms with E-state index in [2.05, 4.69) is 0 Å². The molecule has 0 radical (unpaired) electrons. The van der Waals surface area contributed by atoms with Crippen molar-refractivity contribution in [1.82, 2.24) is 4.90 Å². The van der Waals surface area contributed by atoms with Gasteiger partial charge in [0.15, 0.2) is 12.4 Å². The predicted molar refractivity (Wildman–Crippen MR) is 68.8 cm³/mol. The largest absolute Gasteiger partial charge is 0.443 e. The first-order valence-corrected chi connectivity index (χ1v) is 6.69. The number of carbonyl (C=O) groups excluding carboxylic acids is 2. The Labute approximate surface area is 122 Å². The molecule has 8 heteroatoms. The van der Waals surface area contributed by atoms with Crippen molar-refractivity contribution in [2.45, 2.75) is 65.1 Å². The van der Waals surface area contributed by atoms with Crippen LogP contribution < -0.4 is 0 Å². The number of hydrogen-bond acceptors (Lipinski definition) is 5. The third kappa shape index (κ3) is 4.34. The number of β-lactam (4-membered cyclic amide) rings is 1. The standard InChI is InChI=1S/C13H21F2NO5/c1-6-19-7(2)20-9-8(10(14)15)16(11(9)17)12(18)21-13(3,4)5/h7-10H,6H2,1-5H3/t7?,8-,9-/m1/s1. The molecule has 1 aliphatic heterocycles. The third-order valence-corrected chi connectivity index (χ3v) is 2.68. The number of nitrogens with zero attached hydrogens (tertiary/aromatic N) is 1. The Morgan fingerprint density at radius 2 is 1.95 bits per heavy atom. The molecule has 0 aromatic carbocycles. The third-order valence-electron chi connectivity index (χ3n) is 2.68. The number of hydrogen-bond donors (Lipinski definition) is 0. The smallest absolute Gasteiger partial charge is 0.417 e. The molecule has 0 saturated carbocycles. The van der Waals surface area contributed by atoms with E-state index in [1.807, 2.05) is 0 Å². The van der Waals surface area contributed by atoms with E-state index in [9.17, 15) is 18.4 Å². The summed E-state index contributed by atoms with van der Waals surface area (Å²) in [6.45, 7) is 8.26. The lowest BCUT2D eigenvalue weighted by atomic mass is 9.99. The molecule has 2 amide bonds. The molecular weight excluding hydrogens is 288 g/mol. The van der Waals surface area contributed by atoms with Gasteiger partial charge in [-0.2, -0.15) is 0 Å². The minimum atomic E-state index is -2.92. The Morgan fingerprint density at radius 1 is 1.38 bits per heavy atom. The zero-order chi connectivity index (χ0) is 16.4. The fourth-order valence-corrected chi connectivity index (χ4v) is 1.87. The summed E-state index contributed by atoms with van der Waals surface area (Å²) in [6, 6.07) is -1.66. The Bertz CT molecular complexity index is 397. The van der Waals surface area contributed by atoms with Crippen LogP contribution >= 0.6 is 0 Å². The SMILES string of the molecule is CCOC(C)O[C@H]1C(=O)N(C(=O)OC(C)(C)C)[C@H]1C(F)F. The van der Waals surface area contributed by atoms with Crippen molar-refractivity contribution in [2.24, 2.45) is 0 Å². The van der Waals surface area contributed by atoms with E-state index < -0.39 is 42.5 Å². The highest BCUT2D eigenvalue weighted by Gasteiger charge is 2.58. The number of ether oxygens (including phenoxy) is 3. The molecule has 21 heavy (non-hydrogen) atoms. The van der Waals surface area contributed by atoms with Gasteiger partial charge >= 0.3 is 6.09 Å². The fourth-order valence-electron chi connectivity index (χ4n) is 1.87. The molecule has 6 nitrogen and oxygen atoms in total. The van der Waals surface area contributed by atoms with Gasteiger partial charge in [0.2, 0.25) is 0 Å². The molecule has 3 atom stereocenters. The van der Waals surface area contributed by atoms with Gasteiger partial charge in [0.1, 0.15) is 11.6 Å². The summed E-state index contributed by atoms with van der Waals surface area (Å²) in [5, 5.41) is 0. The lowest BCUT2D eigenvalue weighted by Crippen LogP contribution is -2.71. The van der Waals surface area contributed by atoms with Crippen LogP contribution in [0.5, 0.6) is 0 Å². The zero-order valence-corrected chi connectivity index (χ0v) is 12.8. The molecule has 1 unspecified atom stereocenters. The lowest BCUT2D eigenvalue weighted by Gasteiger charge is -2.44. The van der Waals surface area contributed by atoms with Gasteiger partial charge in [0, 0.05) is 6.61 Å². The quantitative estimate of drug-likeness (QED) is 0.575. The molecule has 0 aromatic rings. The Kier molecular flexibility index (Phi) is 5.63. The minimum absolute atomic E-state index is 0.317. The van der Waals surface area contributed by atoms with Crippen molar-refractivity contribution in [3.8, 4) is 0 Å². The summed E-state index contributed by atoms with van der Waals surface area (Å²) in [7, 11) is 0. The maximum atomic E-state index is 13.1. The molecule has 1 heterocycles. The van der Waals surface area contributed by atoms with E-state index in [0.717, 1.165) is 0 Å². The Morgan fingerprint density at radius 3 is 2.38 bits per heavy atom. The highest BCUT2D eigenvalue weighted by Crippen LogP contribution is 2.31.